The van der Waals surface area contributed by atoms with Crippen molar-refractivity contribution in [1.82, 2.24) is 5.32 Å². The molecule has 142 valence electrons. The van der Waals surface area contributed by atoms with E-state index in [2.05, 4.69) is 53.1 Å². The Kier molecular flexibility index (Phi) is 4.35. The number of hydrogen-bond donors (Lipinski definition) is 3. The monoisotopic (exact) mass is 362 g/mol. The molecule has 2 aromatic carbocycles. The summed E-state index contributed by atoms with van der Waals surface area (Å²) < 4.78 is 0. The number of hydrogen-bond acceptors (Lipinski definition) is 3. The van der Waals surface area contributed by atoms with Gasteiger partial charge in [0.2, 0.25) is 0 Å². The molecule has 1 heterocycles. The Morgan fingerprint density at radius 2 is 2.00 bits per heavy atom. The highest BCUT2D eigenvalue weighted by molar-refractivity contribution is 5.62. The predicted molar refractivity (Wildman–Crippen MR) is 110 cm³/mol. The second-order valence-corrected chi connectivity index (χ2v) is 8.71. The predicted octanol–water partition coefficient (Wildman–Crippen LogP) is 4.39. The zero-order valence-corrected chi connectivity index (χ0v) is 16.0. The molecule has 1 aliphatic heterocycles. The van der Waals surface area contributed by atoms with Gasteiger partial charge in [-0.2, -0.15) is 0 Å². The maximum atomic E-state index is 10.8. The van der Waals surface area contributed by atoms with E-state index in [4.69, 9.17) is 0 Å². The van der Waals surface area contributed by atoms with Gasteiger partial charge in [0.1, 0.15) is 5.75 Å². The summed E-state index contributed by atoms with van der Waals surface area (Å²) in [4.78, 5) is 0. The lowest BCUT2D eigenvalue weighted by atomic mass is 9.53. The molecule has 5 rings (SSSR count). The molecule has 3 nitrogen and oxygen atoms in total. The lowest BCUT2D eigenvalue weighted by Gasteiger charge is -2.56. The van der Waals surface area contributed by atoms with Crippen LogP contribution in [0.15, 0.2) is 42.5 Å². The van der Waals surface area contributed by atoms with E-state index in [1.807, 2.05) is 0 Å². The summed E-state index contributed by atoms with van der Waals surface area (Å²) in [6.45, 7) is 1.96. The lowest BCUT2D eigenvalue weighted by molar-refractivity contribution is 0.0796. The second-order valence-electron chi connectivity index (χ2n) is 8.71. The van der Waals surface area contributed by atoms with Crippen molar-refractivity contribution < 1.29 is 5.11 Å². The second kappa shape index (κ2) is 6.87. The summed E-state index contributed by atoms with van der Waals surface area (Å²) in [5, 5.41) is 18.0. The first-order chi connectivity index (χ1) is 13.3. The molecular formula is C24H30N2O. The fraction of sp³-hybridized carbons (Fsp3) is 0.500. The van der Waals surface area contributed by atoms with Gasteiger partial charge in [0.05, 0.1) is 5.69 Å². The Bertz CT molecular complexity index is 815. The van der Waals surface area contributed by atoms with E-state index in [1.165, 1.54) is 48.8 Å². The maximum absolute atomic E-state index is 10.8. The Morgan fingerprint density at radius 1 is 1.11 bits per heavy atom. The number of nitrogens with one attached hydrogen (secondary N) is 2. The van der Waals surface area contributed by atoms with Crippen LogP contribution < -0.4 is 10.6 Å². The zero-order chi connectivity index (χ0) is 18.3. The maximum Gasteiger partial charge on any atom is 0.138 e. The van der Waals surface area contributed by atoms with Gasteiger partial charge in [0, 0.05) is 18.0 Å². The average Bonchev–Trinajstić information content (AvgIpc) is 2.70. The quantitative estimate of drug-likeness (QED) is 0.707. The summed E-state index contributed by atoms with van der Waals surface area (Å²) in [6.07, 6.45) is 8.63. The molecule has 3 atom stereocenters. The van der Waals surface area contributed by atoms with E-state index >= 15 is 0 Å². The molecule has 0 unspecified atom stereocenters. The molecule has 1 saturated carbocycles. The van der Waals surface area contributed by atoms with Gasteiger partial charge < -0.3 is 15.7 Å². The van der Waals surface area contributed by atoms with Crippen LogP contribution >= 0.6 is 0 Å². The van der Waals surface area contributed by atoms with Crippen LogP contribution in [-0.2, 0) is 18.3 Å². The molecule has 2 bridgehead atoms. The molecule has 27 heavy (non-hydrogen) atoms. The molecule has 3 N–H and O–H groups in total. The molecule has 3 aliphatic rings. The number of anilines is 1. The zero-order valence-electron chi connectivity index (χ0n) is 16.0. The first-order valence-corrected chi connectivity index (χ1v) is 10.6. The fourth-order valence-electron chi connectivity index (χ4n) is 6.10. The molecule has 0 aromatic heterocycles. The van der Waals surface area contributed by atoms with Crippen LogP contribution in [-0.4, -0.2) is 24.2 Å². The van der Waals surface area contributed by atoms with Gasteiger partial charge in [-0.3, -0.25) is 0 Å². The molecular weight excluding hydrogens is 332 g/mol. The highest BCUT2D eigenvalue weighted by Crippen LogP contribution is 2.55. The summed E-state index contributed by atoms with van der Waals surface area (Å²) in [5.74, 6) is 1.18. The molecule has 1 saturated heterocycles. The van der Waals surface area contributed by atoms with Gasteiger partial charge in [-0.05, 0) is 73.4 Å². The van der Waals surface area contributed by atoms with Crippen LogP contribution in [0.5, 0.6) is 5.75 Å². The van der Waals surface area contributed by atoms with Crippen molar-refractivity contribution in [3.05, 3.63) is 59.2 Å². The minimum atomic E-state index is 0.307. The van der Waals surface area contributed by atoms with E-state index in [-0.39, 0.29) is 0 Å². The van der Waals surface area contributed by atoms with Gasteiger partial charge in [-0.1, -0.05) is 43.2 Å². The van der Waals surface area contributed by atoms with Gasteiger partial charge >= 0.3 is 0 Å². The van der Waals surface area contributed by atoms with E-state index < -0.39 is 0 Å². The van der Waals surface area contributed by atoms with Gasteiger partial charge in [0.25, 0.3) is 0 Å². The number of benzene rings is 2. The average molecular weight is 363 g/mol. The third kappa shape index (κ3) is 2.93. The Hall–Kier alpha value is -2.00. The molecule has 3 heteroatoms. The number of phenolic OH excluding ortho intramolecular Hbond substituents is 1. The lowest BCUT2D eigenvalue weighted by Crippen LogP contribution is -2.59. The van der Waals surface area contributed by atoms with Crippen LogP contribution in [0.3, 0.4) is 0 Å². The van der Waals surface area contributed by atoms with Gasteiger partial charge in [-0.15, -0.1) is 0 Å². The van der Waals surface area contributed by atoms with Gasteiger partial charge in [-0.25, -0.2) is 0 Å². The minimum Gasteiger partial charge on any atom is -0.506 e. The summed E-state index contributed by atoms with van der Waals surface area (Å²) in [7, 11) is 0. The van der Waals surface area contributed by atoms with Crippen LogP contribution in [0.25, 0.3) is 0 Å². The summed E-state index contributed by atoms with van der Waals surface area (Å²) >= 11 is 0. The largest absolute Gasteiger partial charge is 0.506 e. The molecule has 2 aromatic rings. The molecule has 0 amide bonds. The normalized spacial score (nSPS) is 28.9. The third-order valence-electron chi connectivity index (χ3n) is 7.33. The smallest absolute Gasteiger partial charge is 0.138 e. The number of fused-ring (bicyclic) bond motifs is 1. The molecule has 0 spiro atoms. The number of piperidine rings is 1. The standard InChI is InChI=1S/C24H30N2O/c27-23-16-20-18(15-22(23)25-12-9-17-6-2-1-3-7-17)14-21-19-8-4-5-10-24(19,20)11-13-26-21/h1-3,6-7,15-16,19,21,25-27H,4-5,8-14H2/t19-,21+,24+/m0/s1. The van der Waals surface area contributed by atoms with Crippen LogP contribution in [0, 0.1) is 5.92 Å². The van der Waals surface area contributed by atoms with E-state index in [9.17, 15) is 5.11 Å². The Morgan fingerprint density at radius 3 is 2.89 bits per heavy atom. The highest BCUT2D eigenvalue weighted by Gasteiger charge is 2.51. The van der Waals surface area contributed by atoms with Gasteiger partial charge in [0.15, 0.2) is 0 Å². The topological polar surface area (TPSA) is 44.3 Å². The first-order valence-electron chi connectivity index (χ1n) is 10.6. The Balaban J connectivity index is 1.40. The summed E-state index contributed by atoms with van der Waals surface area (Å²) in [5.41, 5.74) is 5.43. The number of rotatable bonds is 4. The highest BCUT2D eigenvalue weighted by atomic mass is 16.3. The van der Waals surface area contributed by atoms with Crippen molar-refractivity contribution in [3.8, 4) is 5.75 Å². The first kappa shape index (κ1) is 17.1. The summed E-state index contributed by atoms with van der Waals surface area (Å²) in [6, 6.07) is 15.5. The van der Waals surface area contributed by atoms with Crippen molar-refractivity contribution in [2.75, 3.05) is 18.4 Å². The number of aromatic hydroxyl groups is 1. The van der Waals surface area contributed by atoms with Crippen LogP contribution in [0.2, 0.25) is 0 Å². The third-order valence-corrected chi connectivity index (χ3v) is 7.33. The SMILES string of the molecule is Oc1cc2c(cc1NCCc1ccccc1)C[C@H]1NCC[C@@]23CCCC[C@@H]13. The van der Waals surface area contributed by atoms with Crippen LogP contribution in [0.4, 0.5) is 5.69 Å². The molecule has 2 aliphatic carbocycles. The van der Waals surface area contributed by atoms with E-state index in [1.54, 1.807) is 0 Å². The van der Waals surface area contributed by atoms with Crippen molar-refractivity contribution in [2.24, 2.45) is 5.92 Å². The Labute approximate surface area is 162 Å². The van der Waals surface area contributed by atoms with Crippen molar-refractivity contribution in [2.45, 2.75) is 56.4 Å². The molecule has 2 fully saturated rings. The van der Waals surface area contributed by atoms with E-state index in [0.29, 0.717) is 17.2 Å². The van der Waals surface area contributed by atoms with Crippen molar-refractivity contribution in [3.63, 3.8) is 0 Å². The molecule has 0 radical (unpaired) electrons. The van der Waals surface area contributed by atoms with E-state index in [0.717, 1.165) is 37.5 Å². The van der Waals surface area contributed by atoms with Crippen molar-refractivity contribution in [1.29, 1.82) is 0 Å². The fourth-order valence-corrected chi connectivity index (χ4v) is 6.10. The van der Waals surface area contributed by atoms with Crippen molar-refractivity contribution >= 4 is 5.69 Å². The van der Waals surface area contributed by atoms with Crippen LogP contribution in [0.1, 0.15) is 48.8 Å². The number of phenols is 1. The minimum absolute atomic E-state index is 0.307.